The molecule has 1 saturated carbocycles. The van der Waals surface area contributed by atoms with Gasteiger partial charge in [0.25, 0.3) is 0 Å². The lowest BCUT2D eigenvalue weighted by molar-refractivity contribution is -0.250. The summed E-state index contributed by atoms with van der Waals surface area (Å²) in [7, 11) is -2.67. The molecule has 7 rings (SSSR count). The number of nitrogens with zero attached hydrogens (tertiary/aromatic N) is 3. The molecule has 1 saturated heterocycles. The van der Waals surface area contributed by atoms with Crippen molar-refractivity contribution in [2.75, 3.05) is 40.1 Å². The zero-order valence-electron chi connectivity index (χ0n) is 33.4. The summed E-state index contributed by atoms with van der Waals surface area (Å²) in [6.45, 7) is 8.98. The van der Waals surface area contributed by atoms with Crippen molar-refractivity contribution < 1.29 is 42.4 Å². The summed E-state index contributed by atoms with van der Waals surface area (Å²) < 4.78 is 57.8. The van der Waals surface area contributed by atoms with E-state index in [1.54, 1.807) is 43.6 Å². The van der Waals surface area contributed by atoms with E-state index in [9.17, 15) is 10.2 Å². The van der Waals surface area contributed by atoms with Crippen molar-refractivity contribution in [3.63, 3.8) is 0 Å². The lowest BCUT2D eigenvalue weighted by Gasteiger charge is -2.59. The van der Waals surface area contributed by atoms with Gasteiger partial charge in [0, 0.05) is 56.2 Å². The molecule has 58 heavy (non-hydrogen) atoms. The largest absolute Gasteiger partial charge is 0.490 e. The topological polar surface area (TPSA) is 149 Å². The van der Waals surface area contributed by atoms with Crippen LogP contribution in [0.5, 0.6) is 11.5 Å². The summed E-state index contributed by atoms with van der Waals surface area (Å²) in [5.74, 6) is -1.05. The first-order valence-corrected chi connectivity index (χ1v) is 22.1. The van der Waals surface area contributed by atoms with Crippen LogP contribution in [0.1, 0.15) is 75.7 Å². The van der Waals surface area contributed by atoms with Gasteiger partial charge < -0.3 is 34.0 Å². The highest BCUT2D eigenvalue weighted by atomic mass is 32.2. The van der Waals surface area contributed by atoms with Crippen molar-refractivity contribution in [2.45, 2.75) is 93.1 Å². The number of hydrogen-bond acceptors (Lipinski definition) is 11. The van der Waals surface area contributed by atoms with Gasteiger partial charge >= 0.3 is 0 Å². The number of ether oxygens (including phenoxy) is 4. The molecule has 3 aromatic rings. The number of oxime groups is 1. The monoisotopic (exact) mass is 815 g/mol. The van der Waals surface area contributed by atoms with Crippen molar-refractivity contribution in [3.05, 3.63) is 97.3 Å². The van der Waals surface area contributed by atoms with Crippen LogP contribution in [-0.2, 0) is 24.3 Å². The number of allylic oxidation sites excluding steroid dienone is 1. The highest BCUT2D eigenvalue weighted by molar-refractivity contribution is 7.89. The number of hydrogen-bond donors (Lipinski definition) is 2. The highest BCUT2D eigenvalue weighted by Gasteiger charge is 2.65. The van der Waals surface area contributed by atoms with Crippen LogP contribution in [0.4, 0.5) is 0 Å². The molecule has 2 N–H and O–H groups in total. The van der Waals surface area contributed by atoms with Gasteiger partial charge in [-0.15, -0.1) is 6.58 Å². The first kappa shape index (κ1) is 42.0. The maximum absolute atomic E-state index is 15.1. The molecule has 1 unspecified atom stereocenters. The molecule has 2 aliphatic heterocycles. The van der Waals surface area contributed by atoms with E-state index in [2.05, 4.69) is 24.2 Å². The Kier molecular flexibility index (Phi) is 13.7. The van der Waals surface area contributed by atoms with Crippen LogP contribution in [0.2, 0.25) is 0 Å². The minimum Gasteiger partial charge on any atom is -0.490 e. The Morgan fingerprint density at radius 1 is 1.02 bits per heavy atom. The SMILES string of the molecule is C=CCOc1ccc2c(c1)[C@H]1[C@H](CCCCO)[C@@H](CCCCO)C=C3C(=NOC4CCCCO4)C[C@H](N(C)S(=O)(=O)c4cccc5cccnc45)[C@@](OCC=C)(O2)[C@H]31. The van der Waals surface area contributed by atoms with E-state index in [-0.39, 0.29) is 48.9 Å². The molecule has 12 nitrogen and oxygen atoms in total. The second-order valence-corrected chi connectivity index (χ2v) is 17.6. The predicted octanol–water partition coefficient (Wildman–Crippen LogP) is 7.28. The molecule has 2 fully saturated rings. The van der Waals surface area contributed by atoms with E-state index >= 15 is 8.42 Å². The van der Waals surface area contributed by atoms with Gasteiger partial charge in [-0.2, -0.15) is 4.31 Å². The molecule has 1 aromatic heterocycles. The molecule has 7 atom stereocenters. The Labute approximate surface area is 342 Å². The summed E-state index contributed by atoms with van der Waals surface area (Å²) in [6, 6.07) is 13.6. The van der Waals surface area contributed by atoms with Gasteiger partial charge in [-0.25, -0.2) is 8.42 Å². The lowest BCUT2D eigenvalue weighted by atomic mass is 9.55. The minimum absolute atomic E-state index is 0.0229. The van der Waals surface area contributed by atoms with Gasteiger partial charge in [-0.1, -0.05) is 61.0 Å². The standard InChI is InChI=1S/C45H57N3O9S/c1-4-25-53-33-20-21-38-36(29-33)42-34(17-7-10-24-50)32(14-6-9-23-49)28-35-37(47-57-41-19-8-11-27-54-41)30-40(45(56-38,43(35)42)55-26-5-2)48(3)58(51,52)39-18-12-15-31-16-13-22-46-44(31)39/h4-5,12-13,15-16,18,20-22,28-29,32,34,40-43,49-50H,1-2,6-11,14,17,19,23-27,30H2,3H3/t32-,34+,40-,41?,42+,43+,45+/m0/s1. The fourth-order valence-corrected chi connectivity index (χ4v) is 11.0. The van der Waals surface area contributed by atoms with E-state index in [0.29, 0.717) is 60.6 Å². The molecule has 2 aromatic carbocycles. The number of aliphatic hydroxyl groups is 2. The lowest BCUT2D eigenvalue weighted by Crippen LogP contribution is -2.69. The summed E-state index contributed by atoms with van der Waals surface area (Å²) in [6.07, 6.45) is 13.9. The van der Waals surface area contributed by atoms with Crippen LogP contribution in [0, 0.1) is 17.8 Å². The predicted molar refractivity (Wildman–Crippen MR) is 222 cm³/mol. The molecule has 312 valence electrons. The number of aromatic nitrogens is 1. The second kappa shape index (κ2) is 18.9. The zero-order chi connectivity index (χ0) is 40.7. The molecule has 4 aliphatic rings. The number of fused-ring (bicyclic) bond motifs is 3. The van der Waals surface area contributed by atoms with Crippen molar-refractivity contribution in [2.24, 2.45) is 22.9 Å². The molecule has 13 heteroatoms. The van der Waals surface area contributed by atoms with Crippen LogP contribution in [-0.4, -0.2) is 91.8 Å². The molecular formula is C45H57N3O9S. The number of aliphatic hydroxyl groups excluding tert-OH is 2. The highest BCUT2D eigenvalue weighted by Crippen LogP contribution is 2.62. The fraction of sp³-hybridized carbons (Fsp3) is 0.511. The minimum atomic E-state index is -4.25. The number of rotatable bonds is 19. The molecule has 0 radical (unpaired) electrons. The van der Waals surface area contributed by atoms with Crippen LogP contribution >= 0.6 is 0 Å². The molecule has 0 spiro atoms. The number of benzene rings is 2. The number of likely N-dealkylation sites (N-methyl/N-ethyl adjacent to an activating group) is 1. The summed E-state index contributed by atoms with van der Waals surface area (Å²) in [5.41, 5.74) is 2.79. The van der Waals surface area contributed by atoms with Crippen molar-refractivity contribution in [3.8, 4) is 11.5 Å². The maximum atomic E-state index is 15.1. The average molecular weight is 816 g/mol. The summed E-state index contributed by atoms with van der Waals surface area (Å²) in [5, 5.41) is 25.3. The number of pyridine rings is 1. The van der Waals surface area contributed by atoms with E-state index in [4.69, 9.17) is 28.9 Å². The summed E-state index contributed by atoms with van der Waals surface area (Å²) >= 11 is 0. The Morgan fingerprint density at radius 2 is 1.81 bits per heavy atom. The second-order valence-electron chi connectivity index (χ2n) is 15.6. The van der Waals surface area contributed by atoms with E-state index < -0.39 is 34.1 Å². The van der Waals surface area contributed by atoms with Gasteiger partial charge in [-0.3, -0.25) is 4.98 Å². The third-order valence-corrected chi connectivity index (χ3v) is 14.0. The van der Waals surface area contributed by atoms with Crippen LogP contribution in [0.25, 0.3) is 10.9 Å². The Bertz CT molecular complexity index is 2080. The smallest absolute Gasteiger partial charge is 0.245 e. The van der Waals surface area contributed by atoms with E-state index in [1.807, 2.05) is 30.3 Å². The normalized spacial score (nSPS) is 27.3. The number of sulfonamides is 1. The Morgan fingerprint density at radius 3 is 2.57 bits per heavy atom. The van der Waals surface area contributed by atoms with Gasteiger partial charge in [0.05, 0.1) is 36.4 Å². The molecule has 0 amide bonds. The number of para-hydroxylation sites is 1. The van der Waals surface area contributed by atoms with E-state index in [0.717, 1.165) is 49.7 Å². The fourth-order valence-electron chi connectivity index (χ4n) is 9.47. The van der Waals surface area contributed by atoms with Crippen molar-refractivity contribution in [1.82, 2.24) is 9.29 Å². The van der Waals surface area contributed by atoms with Gasteiger partial charge in [0.1, 0.15) is 23.0 Å². The van der Waals surface area contributed by atoms with Gasteiger partial charge in [0.2, 0.25) is 22.1 Å². The Balaban J connectivity index is 1.46. The molecule has 3 heterocycles. The molecular weight excluding hydrogens is 759 g/mol. The quantitative estimate of drug-likeness (QED) is 0.0719. The van der Waals surface area contributed by atoms with Crippen LogP contribution < -0.4 is 9.47 Å². The first-order valence-electron chi connectivity index (χ1n) is 20.7. The Hall–Kier alpha value is -4.11. The zero-order valence-corrected chi connectivity index (χ0v) is 34.2. The molecule has 2 aliphatic carbocycles. The number of unbranched alkanes of at least 4 members (excludes halogenated alkanes) is 2. The van der Waals surface area contributed by atoms with Crippen molar-refractivity contribution >= 4 is 26.6 Å². The maximum Gasteiger partial charge on any atom is 0.245 e. The van der Waals surface area contributed by atoms with Gasteiger partial charge in [0.15, 0.2) is 0 Å². The summed E-state index contributed by atoms with van der Waals surface area (Å²) in [4.78, 5) is 10.8. The third-order valence-electron chi connectivity index (χ3n) is 12.1. The van der Waals surface area contributed by atoms with Crippen molar-refractivity contribution in [1.29, 1.82) is 0 Å². The average Bonchev–Trinajstić information content (AvgIpc) is 3.25. The molecule has 0 bridgehead atoms. The van der Waals surface area contributed by atoms with E-state index in [1.165, 1.54) is 4.31 Å². The third kappa shape index (κ3) is 8.35. The van der Waals surface area contributed by atoms with Crippen LogP contribution in [0.15, 0.2) is 102 Å². The van der Waals surface area contributed by atoms with Gasteiger partial charge in [-0.05, 0) is 86.3 Å². The first-order chi connectivity index (χ1) is 28.3. The van der Waals surface area contributed by atoms with Crippen LogP contribution in [0.3, 0.4) is 0 Å².